The van der Waals surface area contributed by atoms with Gasteiger partial charge < -0.3 is 19.6 Å². The molecule has 0 amide bonds. The molecule has 2 N–H and O–H groups in total. The summed E-state index contributed by atoms with van der Waals surface area (Å²) in [7, 11) is 2.01. The molecule has 6 nitrogen and oxygen atoms in total. The third kappa shape index (κ3) is 6.18. The average molecular weight is 445 g/mol. The number of aliphatic imine (C=N–C) groups is 1. The summed E-state index contributed by atoms with van der Waals surface area (Å²) >= 11 is 0. The molecule has 0 spiro atoms. The highest BCUT2D eigenvalue weighted by molar-refractivity contribution is 14.0. The molecule has 7 heteroatoms. The van der Waals surface area contributed by atoms with Gasteiger partial charge in [-0.05, 0) is 18.6 Å². The van der Waals surface area contributed by atoms with E-state index in [1.165, 1.54) is 5.56 Å². The Labute approximate surface area is 161 Å². The largest absolute Gasteiger partial charge is 0.443 e. The van der Waals surface area contributed by atoms with E-state index in [4.69, 9.17) is 4.42 Å². The maximum atomic E-state index is 5.78. The number of aromatic nitrogens is 2. The van der Waals surface area contributed by atoms with E-state index in [1.54, 1.807) is 6.20 Å². The molecule has 2 aromatic heterocycles. The van der Waals surface area contributed by atoms with Crippen LogP contribution in [0.5, 0.6) is 0 Å². The number of nitrogens with zero attached hydrogens (tertiary/aromatic N) is 3. The van der Waals surface area contributed by atoms with E-state index in [0.717, 1.165) is 18.3 Å². The van der Waals surface area contributed by atoms with Crippen LogP contribution in [0.15, 0.2) is 34.1 Å². The Bertz CT molecular complexity index is 654. The second-order valence-electron chi connectivity index (χ2n) is 6.60. The van der Waals surface area contributed by atoms with Crippen molar-refractivity contribution in [1.29, 1.82) is 0 Å². The van der Waals surface area contributed by atoms with E-state index in [1.807, 2.05) is 24.7 Å². The molecule has 0 aromatic carbocycles. The molecule has 0 bridgehead atoms. The van der Waals surface area contributed by atoms with Gasteiger partial charge in [0, 0.05) is 31.4 Å². The molecule has 2 rings (SSSR count). The summed E-state index contributed by atoms with van der Waals surface area (Å²) in [6.45, 7) is 10.3. The van der Waals surface area contributed by atoms with Gasteiger partial charge in [-0.1, -0.05) is 20.8 Å². The molecule has 0 saturated heterocycles. The normalized spacial score (nSPS) is 12.0. The third-order valence-corrected chi connectivity index (χ3v) is 3.36. The van der Waals surface area contributed by atoms with E-state index >= 15 is 0 Å². The van der Waals surface area contributed by atoms with Crippen LogP contribution in [0.1, 0.15) is 44.9 Å². The van der Waals surface area contributed by atoms with Crippen LogP contribution >= 0.6 is 24.0 Å². The number of hydrogen-bond acceptors (Lipinski definition) is 3. The summed E-state index contributed by atoms with van der Waals surface area (Å²) in [5.74, 6) is 2.31. The van der Waals surface area contributed by atoms with Crippen molar-refractivity contribution in [3.63, 3.8) is 0 Å². The van der Waals surface area contributed by atoms with Crippen LogP contribution in [0.25, 0.3) is 0 Å². The molecule has 0 aliphatic carbocycles. The lowest BCUT2D eigenvalue weighted by Gasteiger charge is -2.13. The van der Waals surface area contributed by atoms with Crippen molar-refractivity contribution in [3.05, 3.63) is 41.9 Å². The SMILES string of the molecule is CCNC(=NCc1ccn(C)c1)NCc1ncc(C(C)(C)C)o1.I. The molecule has 0 fully saturated rings. The first-order valence-electron chi connectivity index (χ1n) is 7.96. The molecule has 134 valence electrons. The number of aryl methyl sites for hydroxylation is 1. The zero-order chi connectivity index (χ0) is 16.9. The highest BCUT2D eigenvalue weighted by Crippen LogP contribution is 2.22. The zero-order valence-corrected chi connectivity index (χ0v) is 17.4. The number of rotatable bonds is 5. The van der Waals surface area contributed by atoms with Crippen molar-refractivity contribution in [3.8, 4) is 0 Å². The van der Waals surface area contributed by atoms with Gasteiger partial charge in [0.05, 0.1) is 19.3 Å². The molecule has 24 heavy (non-hydrogen) atoms. The quantitative estimate of drug-likeness (QED) is 0.422. The van der Waals surface area contributed by atoms with Gasteiger partial charge in [-0.25, -0.2) is 9.98 Å². The summed E-state index contributed by atoms with van der Waals surface area (Å²) in [5, 5.41) is 6.48. The standard InChI is InChI=1S/C17H27N5O.HI/c1-6-18-16(20-9-13-7-8-22(5)12-13)21-11-15-19-10-14(23-15)17(2,3)4;/h7-8,10,12H,6,9,11H2,1-5H3,(H2,18,20,21);1H. The monoisotopic (exact) mass is 445 g/mol. The van der Waals surface area contributed by atoms with E-state index in [2.05, 4.69) is 53.6 Å². The van der Waals surface area contributed by atoms with Crippen molar-refractivity contribution in [2.24, 2.45) is 12.0 Å². The predicted octanol–water partition coefficient (Wildman–Crippen LogP) is 3.18. The lowest BCUT2D eigenvalue weighted by molar-refractivity contribution is 0.379. The van der Waals surface area contributed by atoms with Gasteiger partial charge in [0.25, 0.3) is 0 Å². The van der Waals surface area contributed by atoms with Gasteiger partial charge in [0.15, 0.2) is 5.96 Å². The summed E-state index contributed by atoms with van der Waals surface area (Å²) in [6, 6.07) is 2.07. The Kier molecular flexibility index (Phi) is 7.78. The first-order valence-corrected chi connectivity index (χ1v) is 7.96. The number of oxazole rings is 1. The Morgan fingerprint density at radius 3 is 2.62 bits per heavy atom. The smallest absolute Gasteiger partial charge is 0.213 e. The first kappa shape index (κ1) is 20.5. The fraction of sp³-hybridized carbons (Fsp3) is 0.529. The van der Waals surface area contributed by atoms with E-state index in [0.29, 0.717) is 19.0 Å². The van der Waals surface area contributed by atoms with Crippen molar-refractivity contribution in [2.75, 3.05) is 6.54 Å². The van der Waals surface area contributed by atoms with Crippen LogP contribution in [-0.2, 0) is 25.6 Å². The molecule has 2 heterocycles. The molecule has 0 saturated carbocycles. The van der Waals surface area contributed by atoms with Crippen molar-refractivity contribution >= 4 is 29.9 Å². The molecule has 0 aliphatic heterocycles. The highest BCUT2D eigenvalue weighted by atomic mass is 127. The van der Waals surface area contributed by atoms with Gasteiger partial charge in [-0.2, -0.15) is 0 Å². The molecule has 0 aliphatic rings. The molecule has 0 atom stereocenters. The van der Waals surface area contributed by atoms with Gasteiger partial charge in [-0.3, -0.25) is 0 Å². The van der Waals surface area contributed by atoms with Crippen LogP contribution < -0.4 is 10.6 Å². The van der Waals surface area contributed by atoms with Crippen LogP contribution in [0.3, 0.4) is 0 Å². The average Bonchev–Trinajstić information content (AvgIpc) is 3.10. The van der Waals surface area contributed by atoms with Crippen molar-refractivity contribution in [2.45, 2.75) is 46.2 Å². The first-order chi connectivity index (χ1) is 10.9. The lowest BCUT2D eigenvalue weighted by Crippen LogP contribution is -2.36. The molecular formula is C17H28IN5O. The van der Waals surface area contributed by atoms with E-state index in [9.17, 15) is 0 Å². The van der Waals surface area contributed by atoms with Crippen molar-refractivity contribution < 1.29 is 4.42 Å². The van der Waals surface area contributed by atoms with Crippen LogP contribution in [0.2, 0.25) is 0 Å². The Balaban J connectivity index is 0.00000288. The zero-order valence-electron chi connectivity index (χ0n) is 15.1. The minimum atomic E-state index is -0.0306. The van der Waals surface area contributed by atoms with Gasteiger partial charge in [-0.15, -0.1) is 24.0 Å². The van der Waals surface area contributed by atoms with Gasteiger partial charge in [0.1, 0.15) is 5.76 Å². The topological polar surface area (TPSA) is 67.4 Å². The fourth-order valence-corrected chi connectivity index (χ4v) is 2.06. The maximum absolute atomic E-state index is 5.78. The van der Waals surface area contributed by atoms with Gasteiger partial charge >= 0.3 is 0 Å². The van der Waals surface area contributed by atoms with Gasteiger partial charge in [0.2, 0.25) is 5.89 Å². The van der Waals surface area contributed by atoms with E-state index < -0.39 is 0 Å². The highest BCUT2D eigenvalue weighted by Gasteiger charge is 2.19. The van der Waals surface area contributed by atoms with Crippen LogP contribution in [-0.4, -0.2) is 22.1 Å². The Morgan fingerprint density at radius 2 is 2.08 bits per heavy atom. The van der Waals surface area contributed by atoms with Crippen LogP contribution in [0.4, 0.5) is 0 Å². The summed E-state index contributed by atoms with van der Waals surface area (Å²) in [4.78, 5) is 8.90. The molecule has 0 radical (unpaired) electrons. The number of hydrogen-bond donors (Lipinski definition) is 2. The molecular weight excluding hydrogens is 417 g/mol. The maximum Gasteiger partial charge on any atom is 0.213 e. The third-order valence-electron chi connectivity index (χ3n) is 3.36. The Hall–Kier alpha value is -1.51. The van der Waals surface area contributed by atoms with E-state index in [-0.39, 0.29) is 29.4 Å². The molecule has 2 aromatic rings. The predicted molar refractivity (Wildman–Crippen MR) is 108 cm³/mol. The van der Waals surface area contributed by atoms with Crippen molar-refractivity contribution in [1.82, 2.24) is 20.2 Å². The summed E-state index contributed by atoms with van der Waals surface area (Å²) in [5.41, 5.74) is 1.15. The van der Waals surface area contributed by atoms with Crippen LogP contribution in [0, 0.1) is 0 Å². The Morgan fingerprint density at radius 1 is 1.33 bits per heavy atom. The minimum absolute atomic E-state index is 0. The summed E-state index contributed by atoms with van der Waals surface area (Å²) in [6.07, 6.45) is 5.88. The number of nitrogens with one attached hydrogen (secondary N) is 2. The minimum Gasteiger partial charge on any atom is -0.443 e. The lowest BCUT2D eigenvalue weighted by atomic mass is 9.94. The molecule has 0 unspecified atom stereocenters. The number of halogens is 1. The fourth-order valence-electron chi connectivity index (χ4n) is 2.06. The number of guanidine groups is 1. The second-order valence-corrected chi connectivity index (χ2v) is 6.60. The summed E-state index contributed by atoms with van der Waals surface area (Å²) < 4.78 is 7.80. The second kappa shape index (κ2) is 9.10.